The number of benzene rings is 1. The highest BCUT2D eigenvalue weighted by Crippen LogP contribution is 2.42. The molecule has 1 aromatic heterocycles. The predicted molar refractivity (Wildman–Crippen MR) is 92.9 cm³/mol. The number of hydrogen-bond donors (Lipinski definition) is 0. The van der Waals surface area contributed by atoms with Gasteiger partial charge in [-0.25, -0.2) is 4.39 Å². The van der Waals surface area contributed by atoms with E-state index in [4.69, 9.17) is 9.47 Å². The minimum atomic E-state index is -0.340. The molecule has 0 aliphatic carbocycles. The van der Waals surface area contributed by atoms with Crippen LogP contribution in [-0.4, -0.2) is 48.7 Å². The Bertz CT molecular complexity index is 768. The van der Waals surface area contributed by atoms with E-state index in [0.29, 0.717) is 45.1 Å². The van der Waals surface area contributed by atoms with E-state index in [0.717, 1.165) is 5.69 Å². The zero-order valence-electron chi connectivity index (χ0n) is 14.4. The van der Waals surface area contributed by atoms with E-state index in [-0.39, 0.29) is 23.1 Å². The average molecular weight is 356 g/mol. The number of rotatable bonds is 5. The quantitative estimate of drug-likeness (QED) is 0.826. The first-order valence-electron chi connectivity index (χ1n) is 8.77. The number of likely N-dealkylation sites (tertiary alicyclic amines) is 1. The Hall–Kier alpha value is -2.31. The van der Waals surface area contributed by atoms with Crippen LogP contribution in [0.25, 0.3) is 0 Å². The van der Waals surface area contributed by atoms with E-state index < -0.39 is 0 Å². The van der Waals surface area contributed by atoms with Gasteiger partial charge in [-0.15, -0.1) is 0 Å². The Morgan fingerprint density at radius 2 is 2.15 bits per heavy atom. The first kappa shape index (κ1) is 17.1. The van der Waals surface area contributed by atoms with Crippen molar-refractivity contribution in [2.24, 2.45) is 11.3 Å². The van der Waals surface area contributed by atoms with Gasteiger partial charge in [-0.05, 0) is 36.4 Å². The molecule has 4 rings (SSSR count). The van der Waals surface area contributed by atoms with Crippen LogP contribution in [0, 0.1) is 17.2 Å². The van der Waals surface area contributed by atoms with Crippen molar-refractivity contribution in [2.75, 3.05) is 32.9 Å². The van der Waals surface area contributed by atoms with Crippen molar-refractivity contribution in [3.05, 3.63) is 65.7 Å². The van der Waals surface area contributed by atoms with E-state index in [2.05, 4.69) is 4.98 Å². The molecule has 6 heteroatoms. The second-order valence-corrected chi connectivity index (χ2v) is 7.08. The van der Waals surface area contributed by atoms with Crippen LogP contribution >= 0.6 is 0 Å². The zero-order valence-corrected chi connectivity index (χ0v) is 14.4. The van der Waals surface area contributed by atoms with Gasteiger partial charge in [0.2, 0.25) is 0 Å². The lowest BCUT2D eigenvalue weighted by Crippen LogP contribution is -2.37. The molecule has 0 bridgehead atoms. The lowest BCUT2D eigenvalue weighted by atomic mass is 9.82. The molecule has 1 amide bonds. The normalized spacial score (nSPS) is 24.7. The molecule has 2 aromatic rings. The Kier molecular flexibility index (Phi) is 4.70. The van der Waals surface area contributed by atoms with Crippen molar-refractivity contribution >= 4 is 5.91 Å². The summed E-state index contributed by atoms with van der Waals surface area (Å²) in [5.41, 5.74) is 1.22. The summed E-state index contributed by atoms with van der Waals surface area (Å²) in [5, 5.41) is 0. The molecule has 0 spiro atoms. The maximum absolute atomic E-state index is 13.1. The smallest absolute Gasteiger partial charge is 0.253 e. The number of hydrogen-bond acceptors (Lipinski definition) is 4. The molecule has 2 saturated heterocycles. The third-order valence-corrected chi connectivity index (χ3v) is 5.27. The van der Waals surface area contributed by atoms with Crippen molar-refractivity contribution < 1.29 is 18.7 Å². The van der Waals surface area contributed by atoms with Gasteiger partial charge in [0.15, 0.2) is 0 Å². The maximum atomic E-state index is 13.1. The van der Waals surface area contributed by atoms with Crippen LogP contribution in [0.4, 0.5) is 4.39 Å². The molecule has 136 valence electrons. The number of carbonyl (C=O) groups excluding carboxylic acids is 1. The second kappa shape index (κ2) is 7.13. The van der Waals surface area contributed by atoms with Crippen LogP contribution < -0.4 is 0 Å². The number of halogens is 1. The van der Waals surface area contributed by atoms with Crippen molar-refractivity contribution in [1.29, 1.82) is 0 Å². The molecule has 2 atom stereocenters. The van der Waals surface area contributed by atoms with E-state index in [1.807, 2.05) is 23.1 Å². The number of amides is 1. The lowest BCUT2D eigenvalue weighted by Gasteiger charge is -2.26. The van der Waals surface area contributed by atoms with E-state index in [9.17, 15) is 9.18 Å². The molecule has 26 heavy (non-hydrogen) atoms. The number of ether oxygens (including phenoxy) is 2. The number of aromatic nitrogens is 1. The van der Waals surface area contributed by atoms with Crippen molar-refractivity contribution in [2.45, 2.75) is 6.61 Å². The van der Waals surface area contributed by atoms with Gasteiger partial charge in [-0.2, -0.15) is 0 Å². The topological polar surface area (TPSA) is 51.7 Å². The molecule has 0 saturated carbocycles. The van der Waals surface area contributed by atoms with Crippen LogP contribution in [0.5, 0.6) is 0 Å². The van der Waals surface area contributed by atoms with Crippen molar-refractivity contribution in [3.8, 4) is 0 Å². The van der Waals surface area contributed by atoms with Crippen LogP contribution in [0.3, 0.4) is 0 Å². The fraction of sp³-hybridized carbons (Fsp3) is 0.400. The molecular weight excluding hydrogens is 335 g/mol. The molecule has 0 N–H and O–H groups in total. The summed E-state index contributed by atoms with van der Waals surface area (Å²) >= 11 is 0. The molecule has 2 aliphatic rings. The first-order chi connectivity index (χ1) is 12.7. The maximum Gasteiger partial charge on any atom is 0.253 e. The molecule has 0 unspecified atom stereocenters. The standard InChI is InChI=1S/C20H21FN2O3/c21-17-6-4-15(5-7-17)19(24)23-9-16-10-25-13-20(16,12-23)14-26-11-18-3-1-2-8-22-18/h1-8,16H,9-14H2/t16-,20+/m1/s1. The minimum Gasteiger partial charge on any atom is -0.380 e. The zero-order chi connectivity index (χ0) is 18.0. The van der Waals surface area contributed by atoms with Gasteiger partial charge in [-0.3, -0.25) is 9.78 Å². The van der Waals surface area contributed by atoms with Crippen LogP contribution in [0.15, 0.2) is 48.7 Å². The van der Waals surface area contributed by atoms with Crippen LogP contribution in [0.2, 0.25) is 0 Å². The summed E-state index contributed by atoms with van der Waals surface area (Å²) in [4.78, 5) is 18.8. The monoisotopic (exact) mass is 356 g/mol. The molecule has 2 fully saturated rings. The van der Waals surface area contributed by atoms with Gasteiger partial charge >= 0.3 is 0 Å². The Morgan fingerprint density at radius 3 is 2.92 bits per heavy atom. The molecule has 1 aromatic carbocycles. The summed E-state index contributed by atoms with van der Waals surface area (Å²) in [6, 6.07) is 11.4. The van der Waals surface area contributed by atoms with Gasteiger partial charge in [0, 0.05) is 36.2 Å². The molecule has 3 heterocycles. The van der Waals surface area contributed by atoms with Gasteiger partial charge in [0.05, 0.1) is 32.1 Å². The highest BCUT2D eigenvalue weighted by Gasteiger charge is 2.52. The fourth-order valence-electron chi connectivity index (χ4n) is 3.81. The Labute approximate surface area is 151 Å². The summed E-state index contributed by atoms with van der Waals surface area (Å²) in [6.07, 6.45) is 1.75. The number of nitrogens with zero attached hydrogens (tertiary/aromatic N) is 2. The largest absolute Gasteiger partial charge is 0.380 e. The van der Waals surface area contributed by atoms with E-state index in [1.54, 1.807) is 6.20 Å². The Morgan fingerprint density at radius 1 is 1.31 bits per heavy atom. The van der Waals surface area contributed by atoms with Crippen LogP contribution in [-0.2, 0) is 16.1 Å². The van der Waals surface area contributed by atoms with Gasteiger partial charge < -0.3 is 14.4 Å². The van der Waals surface area contributed by atoms with Crippen molar-refractivity contribution in [1.82, 2.24) is 9.88 Å². The van der Waals surface area contributed by atoms with Gasteiger partial charge in [0.1, 0.15) is 5.82 Å². The predicted octanol–water partition coefficient (Wildman–Crippen LogP) is 2.53. The van der Waals surface area contributed by atoms with E-state index in [1.165, 1.54) is 24.3 Å². The first-order valence-corrected chi connectivity index (χ1v) is 8.77. The highest BCUT2D eigenvalue weighted by molar-refractivity contribution is 5.94. The SMILES string of the molecule is O=C(c1ccc(F)cc1)N1C[C@@H]2COC[C@]2(COCc2ccccn2)C1. The summed E-state index contributed by atoms with van der Waals surface area (Å²) in [5.74, 6) is -0.147. The second-order valence-electron chi connectivity index (χ2n) is 7.08. The molecule has 5 nitrogen and oxygen atoms in total. The number of carbonyl (C=O) groups is 1. The average Bonchev–Trinajstić information content (AvgIpc) is 3.20. The van der Waals surface area contributed by atoms with E-state index >= 15 is 0 Å². The molecular formula is C20H21FN2O3. The van der Waals surface area contributed by atoms with Gasteiger partial charge in [-0.1, -0.05) is 6.07 Å². The molecule has 0 radical (unpaired) electrons. The third kappa shape index (κ3) is 3.34. The lowest BCUT2D eigenvalue weighted by molar-refractivity contribution is 0.0175. The van der Waals surface area contributed by atoms with Crippen molar-refractivity contribution in [3.63, 3.8) is 0 Å². The van der Waals surface area contributed by atoms with Gasteiger partial charge in [0.25, 0.3) is 5.91 Å². The summed E-state index contributed by atoms with van der Waals surface area (Å²) in [6.45, 7) is 3.44. The highest BCUT2D eigenvalue weighted by atomic mass is 19.1. The van der Waals surface area contributed by atoms with Crippen LogP contribution in [0.1, 0.15) is 16.1 Å². The summed E-state index contributed by atoms with van der Waals surface area (Å²) in [7, 11) is 0. The fourth-order valence-corrected chi connectivity index (χ4v) is 3.81. The third-order valence-electron chi connectivity index (χ3n) is 5.27. The Balaban J connectivity index is 1.41. The molecule has 2 aliphatic heterocycles. The number of fused-ring (bicyclic) bond motifs is 1. The number of pyridine rings is 1. The summed E-state index contributed by atoms with van der Waals surface area (Å²) < 4.78 is 24.7. The minimum absolute atomic E-state index is 0.0662.